The summed E-state index contributed by atoms with van der Waals surface area (Å²) in [5.41, 5.74) is 1.43. The van der Waals surface area contributed by atoms with Crippen LogP contribution >= 0.6 is 11.3 Å². The highest BCUT2D eigenvalue weighted by Gasteiger charge is 2.31. The number of fused-ring (bicyclic) bond motifs is 1. The molecular weight excluding hydrogens is 509 g/mol. The Balaban J connectivity index is 1.36. The molecule has 1 unspecified atom stereocenters. The van der Waals surface area contributed by atoms with Crippen LogP contribution in [0.3, 0.4) is 0 Å². The lowest BCUT2D eigenvalue weighted by molar-refractivity contribution is -0.274. The largest absolute Gasteiger partial charge is 0.573 e. The van der Waals surface area contributed by atoms with E-state index in [1.165, 1.54) is 23.5 Å². The van der Waals surface area contributed by atoms with E-state index in [-0.39, 0.29) is 24.6 Å². The molecule has 0 saturated carbocycles. The molecule has 1 saturated heterocycles. The fourth-order valence-electron chi connectivity index (χ4n) is 4.42. The zero-order valence-electron chi connectivity index (χ0n) is 19.7. The van der Waals surface area contributed by atoms with Crippen molar-refractivity contribution in [3.8, 4) is 22.1 Å². The van der Waals surface area contributed by atoms with E-state index in [1.807, 2.05) is 0 Å². The molecular formula is C25H23F3N4O4S. The topological polar surface area (TPSA) is 89.7 Å². The standard InChI is InChI=1S/C25H23F3N4O4S/c1-15-7-9-31(14-15)24-30-13-21(37-24)22-18-12-20(23(33)34)32(19(18)6-8-29-22)10-11-35-16-2-4-17(5-3-16)36-25(26,27)28/h2-6,8,12-13,15H,7,9-11,14H2,1H3,(H,33,34). The average molecular weight is 533 g/mol. The molecule has 1 fully saturated rings. The number of ether oxygens (including phenoxy) is 2. The van der Waals surface area contributed by atoms with Gasteiger partial charge in [-0.2, -0.15) is 0 Å². The number of aromatic nitrogens is 3. The quantitative estimate of drug-likeness (QED) is 0.312. The zero-order chi connectivity index (χ0) is 26.2. The molecule has 0 spiro atoms. The maximum atomic E-state index is 12.3. The van der Waals surface area contributed by atoms with Crippen LogP contribution in [0.4, 0.5) is 18.3 Å². The minimum Gasteiger partial charge on any atom is -0.492 e. The Morgan fingerprint density at radius 3 is 2.62 bits per heavy atom. The molecule has 1 aromatic carbocycles. The number of carboxylic acids is 1. The average Bonchev–Trinajstić information content (AvgIpc) is 3.57. The van der Waals surface area contributed by atoms with Gasteiger partial charge in [-0.25, -0.2) is 9.78 Å². The molecule has 0 radical (unpaired) electrons. The van der Waals surface area contributed by atoms with E-state index in [4.69, 9.17) is 4.74 Å². The molecule has 1 aliphatic heterocycles. The lowest BCUT2D eigenvalue weighted by atomic mass is 10.2. The van der Waals surface area contributed by atoms with Crippen LogP contribution in [0.2, 0.25) is 0 Å². The molecule has 0 amide bonds. The van der Waals surface area contributed by atoms with Crippen LogP contribution in [0.1, 0.15) is 23.8 Å². The predicted octanol–water partition coefficient (Wildman–Crippen LogP) is 5.68. The van der Waals surface area contributed by atoms with Gasteiger partial charge in [-0.05, 0) is 48.7 Å². The van der Waals surface area contributed by atoms with Gasteiger partial charge in [-0.3, -0.25) is 4.98 Å². The summed E-state index contributed by atoms with van der Waals surface area (Å²) in [6.07, 6.45) is -0.234. The Bertz CT molecular complexity index is 1420. The minimum atomic E-state index is -4.77. The third-order valence-corrected chi connectivity index (χ3v) is 7.18. The minimum absolute atomic E-state index is 0.0832. The van der Waals surface area contributed by atoms with Crippen molar-refractivity contribution in [1.82, 2.24) is 14.5 Å². The summed E-state index contributed by atoms with van der Waals surface area (Å²) >= 11 is 1.53. The van der Waals surface area contributed by atoms with Crippen molar-refractivity contribution < 1.29 is 32.5 Å². The molecule has 4 aromatic rings. The molecule has 194 valence electrons. The Hall–Kier alpha value is -3.80. The number of aromatic carboxylic acids is 1. The summed E-state index contributed by atoms with van der Waals surface area (Å²) in [6, 6.07) is 8.37. The van der Waals surface area contributed by atoms with E-state index in [2.05, 4.69) is 26.5 Å². The normalized spacial score (nSPS) is 15.9. The fraction of sp³-hybridized carbons (Fsp3) is 0.320. The second-order valence-corrected chi connectivity index (χ2v) is 9.80. The van der Waals surface area contributed by atoms with Crippen LogP contribution in [-0.2, 0) is 6.54 Å². The highest BCUT2D eigenvalue weighted by Crippen LogP contribution is 2.36. The van der Waals surface area contributed by atoms with Crippen molar-refractivity contribution in [3.63, 3.8) is 0 Å². The number of hydrogen-bond acceptors (Lipinski definition) is 7. The lowest BCUT2D eigenvalue weighted by Gasteiger charge is -2.13. The number of anilines is 1. The van der Waals surface area contributed by atoms with E-state index in [0.29, 0.717) is 28.3 Å². The second kappa shape index (κ2) is 9.92. The number of nitrogens with zero attached hydrogens (tertiary/aromatic N) is 4. The number of hydrogen-bond donors (Lipinski definition) is 1. The van der Waals surface area contributed by atoms with Gasteiger partial charge in [0.1, 0.15) is 23.8 Å². The Morgan fingerprint density at radius 2 is 1.95 bits per heavy atom. The van der Waals surface area contributed by atoms with Crippen LogP contribution < -0.4 is 14.4 Å². The number of carboxylic acid groups (broad SMARTS) is 1. The number of pyridine rings is 1. The lowest BCUT2D eigenvalue weighted by Crippen LogP contribution is -2.18. The SMILES string of the molecule is CC1CCN(c2ncc(-c3nccc4c3cc(C(=O)O)n4CCOc3ccc(OC(F)(F)F)cc3)s2)C1. The monoisotopic (exact) mass is 532 g/mol. The number of benzene rings is 1. The molecule has 37 heavy (non-hydrogen) atoms. The van der Waals surface area contributed by atoms with Gasteiger partial charge in [0.25, 0.3) is 0 Å². The molecule has 4 heterocycles. The van der Waals surface area contributed by atoms with E-state index < -0.39 is 12.3 Å². The van der Waals surface area contributed by atoms with E-state index >= 15 is 0 Å². The molecule has 8 nitrogen and oxygen atoms in total. The van der Waals surface area contributed by atoms with Crippen molar-refractivity contribution in [3.05, 3.63) is 54.5 Å². The zero-order valence-corrected chi connectivity index (χ0v) is 20.6. The predicted molar refractivity (Wildman–Crippen MR) is 132 cm³/mol. The van der Waals surface area contributed by atoms with Crippen LogP contribution in [0.5, 0.6) is 11.5 Å². The Morgan fingerprint density at radius 1 is 1.19 bits per heavy atom. The summed E-state index contributed by atoms with van der Waals surface area (Å²) in [5.74, 6) is -0.491. The number of halogens is 3. The summed E-state index contributed by atoms with van der Waals surface area (Å²) in [7, 11) is 0. The Kier molecular flexibility index (Phi) is 6.67. The maximum absolute atomic E-state index is 12.3. The van der Waals surface area contributed by atoms with Crippen LogP contribution in [0.25, 0.3) is 21.5 Å². The third kappa shape index (κ3) is 5.48. The Labute approximate surface area is 213 Å². The van der Waals surface area contributed by atoms with Gasteiger partial charge < -0.3 is 24.0 Å². The number of thiazole rings is 1. The third-order valence-electron chi connectivity index (χ3n) is 6.11. The van der Waals surface area contributed by atoms with Gasteiger partial charge in [0, 0.05) is 30.9 Å². The first-order chi connectivity index (χ1) is 17.7. The molecule has 1 atom stereocenters. The molecule has 1 aliphatic rings. The maximum Gasteiger partial charge on any atom is 0.573 e. The van der Waals surface area contributed by atoms with Crippen molar-refractivity contribution in [1.29, 1.82) is 0 Å². The number of carbonyl (C=O) groups is 1. The first-order valence-corrected chi connectivity index (χ1v) is 12.4. The van der Waals surface area contributed by atoms with Gasteiger partial charge in [-0.15, -0.1) is 13.2 Å². The summed E-state index contributed by atoms with van der Waals surface area (Å²) in [4.78, 5) is 24.2. The molecule has 0 bridgehead atoms. The molecule has 5 rings (SSSR count). The van der Waals surface area contributed by atoms with Crippen molar-refractivity contribution in [2.24, 2.45) is 5.92 Å². The summed E-state index contributed by atoms with van der Waals surface area (Å²) in [6.45, 7) is 4.44. The molecule has 12 heteroatoms. The fourth-order valence-corrected chi connectivity index (χ4v) is 5.38. The first-order valence-electron chi connectivity index (χ1n) is 11.6. The highest BCUT2D eigenvalue weighted by molar-refractivity contribution is 7.19. The second-order valence-electron chi connectivity index (χ2n) is 8.79. The molecule has 0 aliphatic carbocycles. The van der Waals surface area contributed by atoms with Crippen LogP contribution in [0.15, 0.2) is 48.8 Å². The van der Waals surface area contributed by atoms with E-state index in [0.717, 1.165) is 41.7 Å². The van der Waals surface area contributed by atoms with E-state index in [1.54, 1.807) is 29.1 Å². The van der Waals surface area contributed by atoms with Gasteiger partial charge in [0.15, 0.2) is 5.13 Å². The summed E-state index contributed by atoms with van der Waals surface area (Å²) < 4.78 is 48.2. The number of rotatable bonds is 8. The van der Waals surface area contributed by atoms with E-state index in [9.17, 15) is 23.1 Å². The van der Waals surface area contributed by atoms with Crippen LogP contribution in [0, 0.1) is 5.92 Å². The van der Waals surface area contributed by atoms with Gasteiger partial charge in [0.05, 0.1) is 22.6 Å². The van der Waals surface area contributed by atoms with Crippen molar-refractivity contribution >= 4 is 33.3 Å². The number of alkyl halides is 3. The van der Waals surface area contributed by atoms with Gasteiger partial charge in [0.2, 0.25) is 0 Å². The smallest absolute Gasteiger partial charge is 0.492 e. The van der Waals surface area contributed by atoms with Gasteiger partial charge in [-0.1, -0.05) is 18.3 Å². The van der Waals surface area contributed by atoms with Crippen molar-refractivity contribution in [2.45, 2.75) is 26.3 Å². The highest BCUT2D eigenvalue weighted by atomic mass is 32.1. The van der Waals surface area contributed by atoms with Crippen LogP contribution in [-0.4, -0.2) is 51.7 Å². The van der Waals surface area contributed by atoms with Crippen molar-refractivity contribution in [2.75, 3.05) is 24.6 Å². The molecule has 1 N–H and O–H groups in total. The molecule has 3 aromatic heterocycles. The summed E-state index contributed by atoms with van der Waals surface area (Å²) in [5, 5.41) is 11.5. The first kappa shape index (κ1) is 24.9. The van der Waals surface area contributed by atoms with Gasteiger partial charge >= 0.3 is 12.3 Å².